The highest BCUT2D eigenvalue weighted by molar-refractivity contribution is 6.01. The van der Waals surface area contributed by atoms with E-state index >= 15 is 0 Å². The van der Waals surface area contributed by atoms with Gasteiger partial charge in [0.05, 0.1) is 6.54 Å². The zero-order chi connectivity index (χ0) is 15.4. The molecular formula is C15H20FN3O2. The van der Waals surface area contributed by atoms with Crippen LogP contribution >= 0.6 is 0 Å². The monoisotopic (exact) mass is 293 g/mol. The summed E-state index contributed by atoms with van der Waals surface area (Å²) in [5, 5.41) is 2.50. The molecule has 0 bridgehead atoms. The van der Waals surface area contributed by atoms with Crippen molar-refractivity contribution in [2.45, 2.75) is 19.4 Å². The van der Waals surface area contributed by atoms with E-state index < -0.39 is 0 Å². The van der Waals surface area contributed by atoms with Gasteiger partial charge in [0.1, 0.15) is 5.82 Å². The molecular weight excluding hydrogens is 273 g/mol. The van der Waals surface area contributed by atoms with Crippen LogP contribution in [0.1, 0.15) is 24.9 Å². The van der Waals surface area contributed by atoms with Gasteiger partial charge in [-0.15, -0.1) is 0 Å². The molecule has 2 rings (SSSR count). The van der Waals surface area contributed by atoms with Gasteiger partial charge in [0.25, 0.3) is 0 Å². The molecule has 0 saturated carbocycles. The number of rotatable bonds is 6. The van der Waals surface area contributed by atoms with Gasteiger partial charge in [-0.25, -0.2) is 9.18 Å². The maximum atomic E-state index is 12.9. The zero-order valence-electron chi connectivity index (χ0n) is 12.3. The van der Waals surface area contributed by atoms with E-state index in [1.807, 2.05) is 14.0 Å². The van der Waals surface area contributed by atoms with Crippen molar-refractivity contribution in [2.75, 3.05) is 26.7 Å². The van der Waals surface area contributed by atoms with E-state index in [9.17, 15) is 14.0 Å². The number of hydrogen-bond donors (Lipinski definition) is 1. The van der Waals surface area contributed by atoms with Crippen LogP contribution in [-0.4, -0.2) is 48.4 Å². The number of amides is 3. The summed E-state index contributed by atoms with van der Waals surface area (Å²) >= 11 is 0. The Labute approximate surface area is 123 Å². The average molecular weight is 293 g/mol. The second-order valence-electron chi connectivity index (χ2n) is 5.27. The molecule has 1 fully saturated rings. The fourth-order valence-corrected chi connectivity index (χ4v) is 2.35. The lowest BCUT2D eigenvalue weighted by molar-refractivity contribution is -0.125. The Bertz CT molecular complexity index is 502. The van der Waals surface area contributed by atoms with Crippen molar-refractivity contribution < 1.29 is 14.0 Å². The first-order chi connectivity index (χ1) is 9.99. The van der Waals surface area contributed by atoms with Gasteiger partial charge in [-0.3, -0.25) is 14.6 Å². The van der Waals surface area contributed by atoms with E-state index in [1.54, 1.807) is 12.1 Å². The van der Waals surface area contributed by atoms with Crippen LogP contribution in [0.4, 0.5) is 9.18 Å². The van der Waals surface area contributed by atoms with Crippen LogP contribution in [0.15, 0.2) is 24.3 Å². The fourth-order valence-electron chi connectivity index (χ4n) is 2.35. The van der Waals surface area contributed by atoms with Crippen LogP contribution in [0.25, 0.3) is 0 Å². The Morgan fingerprint density at radius 3 is 2.57 bits per heavy atom. The Morgan fingerprint density at radius 1 is 1.33 bits per heavy atom. The number of carbonyl (C=O) groups is 2. The molecule has 114 valence electrons. The predicted molar refractivity (Wildman–Crippen MR) is 77.2 cm³/mol. The molecule has 0 aromatic heterocycles. The molecule has 21 heavy (non-hydrogen) atoms. The third kappa shape index (κ3) is 3.78. The number of nitrogens with zero attached hydrogens (tertiary/aromatic N) is 2. The highest BCUT2D eigenvalue weighted by Gasteiger charge is 2.27. The summed E-state index contributed by atoms with van der Waals surface area (Å²) in [7, 11) is 1.97. The van der Waals surface area contributed by atoms with Gasteiger partial charge < -0.3 is 5.32 Å². The van der Waals surface area contributed by atoms with E-state index in [4.69, 9.17) is 0 Å². The van der Waals surface area contributed by atoms with Gasteiger partial charge in [-0.1, -0.05) is 12.1 Å². The zero-order valence-corrected chi connectivity index (χ0v) is 12.3. The molecule has 1 aliphatic rings. The van der Waals surface area contributed by atoms with Crippen molar-refractivity contribution in [3.63, 3.8) is 0 Å². The van der Waals surface area contributed by atoms with Gasteiger partial charge in [0.15, 0.2) is 0 Å². The van der Waals surface area contributed by atoms with Crippen LogP contribution in [-0.2, 0) is 4.79 Å². The molecule has 1 atom stereocenters. The van der Waals surface area contributed by atoms with Crippen LogP contribution in [0.3, 0.4) is 0 Å². The van der Waals surface area contributed by atoms with Crippen molar-refractivity contribution in [1.29, 1.82) is 0 Å². The molecule has 1 aromatic carbocycles. The largest absolute Gasteiger partial charge is 0.329 e. The smallest absolute Gasteiger partial charge is 0.324 e. The summed E-state index contributed by atoms with van der Waals surface area (Å²) in [5.74, 6) is -0.415. The van der Waals surface area contributed by atoms with Crippen LogP contribution in [0.5, 0.6) is 0 Å². The molecule has 6 heteroatoms. The third-order valence-electron chi connectivity index (χ3n) is 3.84. The number of hydrogen-bond acceptors (Lipinski definition) is 3. The summed E-state index contributed by atoms with van der Waals surface area (Å²) in [6.45, 7) is 3.31. The Morgan fingerprint density at radius 2 is 2.00 bits per heavy atom. The average Bonchev–Trinajstić information content (AvgIpc) is 2.79. The molecule has 1 saturated heterocycles. The summed E-state index contributed by atoms with van der Waals surface area (Å²) in [4.78, 5) is 26.2. The number of halogens is 1. The minimum atomic E-state index is -0.311. The van der Waals surface area contributed by atoms with E-state index in [1.165, 1.54) is 17.0 Å². The molecule has 0 radical (unpaired) electrons. The second kappa shape index (κ2) is 6.67. The topological polar surface area (TPSA) is 52.6 Å². The normalized spacial score (nSPS) is 16.5. The maximum absolute atomic E-state index is 12.9. The molecule has 1 aliphatic heterocycles. The van der Waals surface area contributed by atoms with Crippen molar-refractivity contribution in [3.05, 3.63) is 35.6 Å². The van der Waals surface area contributed by atoms with Gasteiger partial charge in [0, 0.05) is 19.1 Å². The predicted octanol–water partition coefficient (Wildman–Crippen LogP) is 1.76. The van der Waals surface area contributed by atoms with Crippen LogP contribution in [0.2, 0.25) is 0 Å². The highest BCUT2D eigenvalue weighted by Crippen LogP contribution is 2.19. The van der Waals surface area contributed by atoms with Crippen LogP contribution < -0.4 is 5.32 Å². The van der Waals surface area contributed by atoms with Crippen molar-refractivity contribution in [1.82, 2.24) is 15.1 Å². The molecule has 3 amide bonds. The standard InChI is InChI=1S/C15H20FN3O2/c1-11(12-4-6-13(16)7-5-12)18(2)8-3-9-19-14(20)10-17-15(19)21/h4-7,11H,3,8-10H2,1-2H3,(H,17,21)/t11-/m0/s1. The van der Waals surface area contributed by atoms with E-state index in [-0.39, 0.29) is 30.3 Å². The summed E-state index contributed by atoms with van der Waals surface area (Å²) in [6.07, 6.45) is 0.710. The molecule has 0 aliphatic carbocycles. The van der Waals surface area contributed by atoms with Crippen molar-refractivity contribution in [2.24, 2.45) is 0 Å². The number of imide groups is 1. The fraction of sp³-hybridized carbons (Fsp3) is 0.467. The Kier molecular flexibility index (Phi) is 4.90. The van der Waals surface area contributed by atoms with Crippen molar-refractivity contribution >= 4 is 11.9 Å². The minimum absolute atomic E-state index is 0.0979. The molecule has 1 heterocycles. The van der Waals surface area contributed by atoms with Gasteiger partial charge in [-0.2, -0.15) is 0 Å². The molecule has 0 unspecified atom stereocenters. The van der Waals surface area contributed by atoms with E-state index in [0.717, 1.165) is 12.1 Å². The van der Waals surface area contributed by atoms with Crippen LogP contribution in [0, 0.1) is 5.82 Å². The minimum Gasteiger partial charge on any atom is -0.329 e. The first-order valence-electron chi connectivity index (χ1n) is 7.03. The molecule has 1 N–H and O–H groups in total. The quantitative estimate of drug-likeness (QED) is 0.813. The second-order valence-corrected chi connectivity index (χ2v) is 5.27. The van der Waals surface area contributed by atoms with Gasteiger partial charge >= 0.3 is 6.03 Å². The number of benzene rings is 1. The number of nitrogens with one attached hydrogen (secondary N) is 1. The summed E-state index contributed by atoms with van der Waals surface area (Å²) < 4.78 is 12.9. The summed E-state index contributed by atoms with van der Waals surface area (Å²) in [5.41, 5.74) is 1.04. The maximum Gasteiger partial charge on any atom is 0.324 e. The lowest BCUT2D eigenvalue weighted by atomic mass is 10.1. The highest BCUT2D eigenvalue weighted by atomic mass is 19.1. The number of urea groups is 1. The van der Waals surface area contributed by atoms with E-state index in [0.29, 0.717) is 13.0 Å². The third-order valence-corrected chi connectivity index (χ3v) is 3.84. The SMILES string of the molecule is C[C@@H](c1ccc(F)cc1)N(C)CCCN1C(=O)CNC1=O. The molecule has 1 aromatic rings. The van der Waals surface area contributed by atoms with Gasteiger partial charge in [-0.05, 0) is 38.1 Å². The Balaban J connectivity index is 1.81. The summed E-state index contributed by atoms with van der Waals surface area (Å²) in [6, 6.07) is 6.28. The van der Waals surface area contributed by atoms with Crippen molar-refractivity contribution in [3.8, 4) is 0 Å². The van der Waals surface area contributed by atoms with Gasteiger partial charge in [0.2, 0.25) is 5.91 Å². The molecule has 0 spiro atoms. The number of carbonyl (C=O) groups excluding carboxylic acids is 2. The van der Waals surface area contributed by atoms with E-state index in [2.05, 4.69) is 10.2 Å². The first-order valence-corrected chi connectivity index (χ1v) is 7.03. The first kappa shape index (κ1) is 15.4. The molecule has 5 nitrogen and oxygen atoms in total. The lowest BCUT2D eigenvalue weighted by Gasteiger charge is -2.25. The lowest BCUT2D eigenvalue weighted by Crippen LogP contribution is -2.34. The Hall–Kier alpha value is -1.95.